The molecule has 0 fully saturated rings. The highest BCUT2D eigenvalue weighted by Gasteiger charge is 2.18. The molecule has 1 N–H and O–H groups in total. The molecule has 0 atom stereocenters. The van der Waals surface area contributed by atoms with E-state index in [2.05, 4.69) is 20.7 Å². The average Bonchev–Trinajstić information content (AvgIpc) is 3.34. The van der Waals surface area contributed by atoms with Crippen molar-refractivity contribution in [2.24, 2.45) is 7.05 Å². The number of nitrogens with zero attached hydrogens (tertiary/aromatic N) is 6. The van der Waals surface area contributed by atoms with Crippen LogP contribution in [0.4, 0.5) is 10.1 Å². The Morgan fingerprint density at radius 1 is 1.12 bits per heavy atom. The Labute approximate surface area is 183 Å². The number of rotatable bonds is 6. The molecule has 10 heteroatoms. The van der Waals surface area contributed by atoms with E-state index in [4.69, 9.17) is 0 Å². The molecule has 1 amide bonds. The standard InChI is InChI=1S/C22H22FN7O2/c1-14-13-16(9-10-18(14)23)21-25-27-29(26-21)12-11-19(31)24-20-15(2)28(3)30(22(20)32)17-7-5-4-6-8-17/h4-10,13H,11-12H2,1-3H3,(H,24,31). The molecule has 2 aromatic heterocycles. The predicted molar refractivity (Wildman–Crippen MR) is 117 cm³/mol. The highest BCUT2D eigenvalue weighted by Crippen LogP contribution is 2.18. The molecule has 32 heavy (non-hydrogen) atoms. The van der Waals surface area contributed by atoms with Gasteiger partial charge in [-0.1, -0.05) is 18.2 Å². The number of aryl methyl sites for hydroxylation is 2. The Morgan fingerprint density at radius 3 is 2.59 bits per heavy atom. The van der Waals surface area contributed by atoms with Gasteiger partial charge in [-0.15, -0.1) is 10.2 Å². The molecule has 2 aromatic carbocycles. The van der Waals surface area contributed by atoms with Crippen LogP contribution in [0.1, 0.15) is 17.7 Å². The summed E-state index contributed by atoms with van der Waals surface area (Å²) >= 11 is 0. The second kappa shape index (κ2) is 8.58. The lowest BCUT2D eigenvalue weighted by Gasteiger charge is -2.07. The first kappa shape index (κ1) is 21.2. The van der Waals surface area contributed by atoms with Gasteiger partial charge >= 0.3 is 0 Å². The number of tetrazole rings is 1. The maximum atomic E-state index is 13.5. The fourth-order valence-corrected chi connectivity index (χ4v) is 3.35. The molecule has 0 bridgehead atoms. The Morgan fingerprint density at radius 2 is 1.88 bits per heavy atom. The highest BCUT2D eigenvalue weighted by molar-refractivity contribution is 5.91. The SMILES string of the molecule is Cc1cc(-c2nnn(CCC(=O)Nc3c(C)n(C)n(-c4ccccc4)c3=O)n2)ccc1F. The number of hydrogen-bond donors (Lipinski definition) is 1. The zero-order valence-electron chi connectivity index (χ0n) is 17.9. The molecule has 0 spiro atoms. The normalized spacial score (nSPS) is 11.0. The number of anilines is 1. The minimum Gasteiger partial charge on any atom is -0.320 e. The Balaban J connectivity index is 1.45. The van der Waals surface area contributed by atoms with Crippen molar-refractivity contribution in [2.45, 2.75) is 26.8 Å². The number of hydrogen-bond acceptors (Lipinski definition) is 5. The van der Waals surface area contributed by atoms with Crippen molar-refractivity contribution in [2.75, 3.05) is 5.32 Å². The summed E-state index contributed by atoms with van der Waals surface area (Å²) in [6.45, 7) is 3.61. The van der Waals surface area contributed by atoms with Gasteiger partial charge in [-0.25, -0.2) is 9.07 Å². The number of benzene rings is 2. The van der Waals surface area contributed by atoms with E-state index in [0.717, 1.165) is 0 Å². The quantitative estimate of drug-likeness (QED) is 0.502. The lowest BCUT2D eigenvalue weighted by molar-refractivity contribution is -0.116. The summed E-state index contributed by atoms with van der Waals surface area (Å²) in [6.07, 6.45) is 0.0529. The Hall–Kier alpha value is -4.08. The molecule has 4 rings (SSSR count). The van der Waals surface area contributed by atoms with Crippen molar-refractivity contribution in [1.29, 1.82) is 0 Å². The summed E-state index contributed by atoms with van der Waals surface area (Å²) in [5.41, 5.74) is 2.39. The second-order valence-electron chi connectivity index (χ2n) is 7.41. The number of carbonyl (C=O) groups excluding carboxylic acids is 1. The smallest absolute Gasteiger partial charge is 0.295 e. The van der Waals surface area contributed by atoms with Gasteiger partial charge in [0.2, 0.25) is 11.7 Å². The van der Waals surface area contributed by atoms with Crippen LogP contribution in [0.5, 0.6) is 0 Å². The molecule has 0 aliphatic heterocycles. The molecule has 0 saturated heterocycles. The average molecular weight is 435 g/mol. The Kier molecular flexibility index (Phi) is 5.67. The Bertz CT molecular complexity index is 1340. The number of aromatic nitrogens is 6. The van der Waals surface area contributed by atoms with Crippen molar-refractivity contribution >= 4 is 11.6 Å². The van der Waals surface area contributed by atoms with Crippen molar-refractivity contribution < 1.29 is 9.18 Å². The van der Waals surface area contributed by atoms with Gasteiger partial charge in [0.1, 0.15) is 11.5 Å². The summed E-state index contributed by atoms with van der Waals surface area (Å²) < 4.78 is 16.7. The van der Waals surface area contributed by atoms with E-state index >= 15 is 0 Å². The first-order valence-corrected chi connectivity index (χ1v) is 10.0. The van der Waals surface area contributed by atoms with E-state index in [1.807, 2.05) is 30.3 Å². The van der Waals surface area contributed by atoms with Gasteiger partial charge < -0.3 is 5.32 Å². The monoisotopic (exact) mass is 435 g/mol. The number of amides is 1. The molecule has 0 radical (unpaired) electrons. The van der Waals surface area contributed by atoms with Gasteiger partial charge in [0.05, 0.1) is 17.9 Å². The minimum atomic E-state index is -0.340. The first-order valence-electron chi connectivity index (χ1n) is 10.0. The van der Waals surface area contributed by atoms with Crippen LogP contribution in [0.2, 0.25) is 0 Å². The minimum absolute atomic E-state index is 0.0529. The molecule has 0 unspecified atom stereocenters. The van der Waals surface area contributed by atoms with Gasteiger partial charge in [-0.3, -0.25) is 14.3 Å². The molecule has 2 heterocycles. The summed E-state index contributed by atoms with van der Waals surface area (Å²) in [7, 11) is 1.76. The fourth-order valence-electron chi connectivity index (χ4n) is 3.35. The van der Waals surface area contributed by atoms with Crippen molar-refractivity contribution in [3.63, 3.8) is 0 Å². The third-order valence-corrected chi connectivity index (χ3v) is 5.23. The van der Waals surface area contributed by atoms with Gasteiger partial charge in [0, 0.05) is 19.0 Å². The van der Waals surface area contributed by atoms with Crippen LogP contribution in [-0.2, 0) is 18.4 Å². The van der Waals surface area contributed by atoms with Gasteiger partial charge in [0.15, 0.2) is 0 Å². The third-order valence-electron chi connectivity index (χ3n) is 5.23. The molecular formula is C22H22FN7O2. The van der Waals surface area contributed by atoms with Crippen LogP contribution in [0.25, 0.3) is 17.1 Å². The van der Waals surface area contributed by atoms with Gasteiger partial charge in [0.25, 0.3) is 5.56 Å². The van der Waals surface area contributed by atoms with Crippen molar-refractivity contribution in [3.05, 3.63) is 76.0 Å². The molecular weight excluding hydrogens is 413 g/mol. The lowest BCUT2D eigenvalue weighted by atomic mass is 10.1. The fraction of sp³-hybridized carbons (Fsp3) is 0.227. The van der Waals surface area contributed by atoms with Gasteiger partial charge in [-0.2, -0.15) is 4.80 Å². The topological polar surface area (TPSA) is 99.6 Å². The van der Waals surface area contributed by atoms with E-state index in [9.17, 15) is 14.0 Å². The molecule has 0 aliphatic carbocycles. The van der Waals surface area contributed by atoms with Crippen LogP contribution in [0.15, 0.2) is 53.3 Å². The van der Waals surface area contributed by atoms with E-state index in [0.29, 0.717) is 28.3 Å². The first-order chi connectivity index (χ1) is 15.3. The summed E-state index contributed by atoms with van der Waals surface area (Å²) in [6, 6.07) is 13.8. The third kappa shape index (κ3) is 4.07. The summed E-state index contributed by atoms with van der Waals surface area (Å²) in [5.74, 6) is -0.300. The van der Waals surface area contributed by atoms with Crippen molar-refractivity contribution in [1.82, 2.24) is 29.6 Å². The van der Waals surface area contributed by atoms with E-state index in [1.165, 1.54) is 15.5 Å². The van der Waals surface area contributed by atoms with Crippen molar-refractivity contribution in [3.8, 4) is 17.1 Å². The largest absolute Gasteiger partial charge is 0.320 e. The predicted octanol–water partition coefficient (Wildman–Crippen LogP) is 2.61. The van der Waals surface area contributed by atoms with E-state index in [-0.39, 0.29) is 35.9 Å². The molecule has 164 valence electrons. The molecule has 9 nitrogen and oxygen atoms in total. The molecule has 0 aliphatic rings. The number of halogens is 1. The molecule has 0 saturated carbocycles. The van der Waals surface area contributed by atoms with E-state index < -0.39 is 0 Å². The van der Waals surface area contributed by atoms with Crippen LogP contribution < -0.4 is 10.9 Å². The van der Waals surface area contributed by atoms with Gasteiger partial charge in [-0.05, 0) is 55.0 Å². The lowest BCUT2D eigenvalue weighted by Crippen LogP contribution is -2.23. The number of para-hydroxylation sites is 1. The zero-order valence-corrected chi connectivity index (χ0v) is 17.9. The molecule has 4 aromatic rings. The summed E-state index contributed by atoms with van der Waals surface area (Å²) in [5, 5.41) is 14.9. The maximum Gasteiger partial charge on any atom is 0.295 e. The van der Waals surface area contributed by atoms with Crippen LogP contribution in [-0.4, -0.2) is 35.5 Å². The second-order valence-corrected chi connectivity index (χ2v) is 7.41. The summed E-state index contributed by atoms with van der Waals surface area (Å²) in [4.78, 5) is 26.7. The number of carbonyl (C=O) groups is 1. The zero-order chi connectivity index (χ0) is 22.8. The van der Waals surface area contributed by atoms with E-state index in [1.54, 1.807) is 37.7 Å². The maximum absolute atomic E-state index is 13.5. The van der Waals surface area contributed by atoms with Crippen LogP contribution in [0, 0.1) is 19.7 Å². The van der Waals surface area contributed by atoms with Crippen LogP contribution in [0.3, 0.4) is 0 Å². The highest BCUT2D eigenvalue weighted by atomic mass is 19.1. The number of nitrogens with one attached hydrogen (secondary N) is 1. The van der Waals surface area contributed by atoms with Crippen LogP contribution >= 0.6 is 0 Å².